The summed E-state index contributed by atoms with van der Waals surface area (Å²) in [6.45, 7) is 6.23. The minimum atomic E-state index is -0.492. The number of carbonyl (C=O) groups excluding carboxylic acids is 1. The van der Waals surface area contributed by atoms with Crippen LogP contribution in [-0.2, 0) is 11.2 Å². The van der Waals surface area contributed by atoms with E-state index in [0.717, 1.165) is 24.1 Å². The molecule has 98 valence electrons. The predicted molar refractivity (Wildman–Crippen MR) is 71.1 cm³/mol. The molecule has 1 aliphatic heterocycles. The average molecular weight is 269 g/mol. The van der Waals surface area contributed by atoms with Gasteiger partial charge in [-0.1, -0.05) is 11.6 Å². The normalized spacial score (nSPS) is 15.2. The number of pyridine rings is 1. The van der Waals surface area contributed by atoms with Gasteiger partial charge < -0.3 is 4.74 Å². The summed E-state index contributed by atoms with van der Waals surface area (Å²) in [6, 6.07) is 1.81. The Morgan fingerprint density at radius 1 is 1.50 bits per heavy atom. The first-order valence-corrected chi connectivity index (χ1v) is 6.39. The Labute approximate surface area is 112 Å². The van der Waals surface area contributed by atoms with Gasteiger partial charge in [0.25, 0.3) is 0 Å². The van der Waals surface area contributed by atoms with Crippen LogP contribution in [0.15, 0.2) is 12.3 Å². The summed E-state index contributed by atoms with van der Waals surface area (Å²) in [7, 11) is 0. The summed E-state index contributed by atoms with van der Waals surface area (Å²) >= 11 is 5.86. The van der Waals surface area contributed by atoms with Gasteiger partial charge in [0.15, 0.2) is 0 Å². The first-order chi connectivity index (χ1) is 8.37. The third-order valence-electron chi connectivity index (χ3n) is 2.67. The number of aryl methyl sites for hydroxylation is 1. The van der Waals surface area contributed by atoms with Gasteiger partial charge in [-0.15, -0.1) is 0 Å². The maximum absolute atomic E-state index is 12.1. The Balaban J connectivity index is 2.25. The van der Waals surface area contributed by atoms with Crippen molar-refractivity contribution < 1.29 is 9.53 Å². The molecule has 0 N–H and O–H groups in total. The highest BCUT2D eigenvalue weighted by atomic mass is 35.5. The minimum absolute atomic E-state index is 0.326. The quantitative estimate of drug-likeness (QED) is 0.677. The van der Waals surface area contributed by atoms with Crippen LogP contribution in [0.4, 0.5) is 10.5 Å². The molecule has 0 unspecified atom stereocenters. The summed E-state index contributed by atoms with van der Waals surface area (Å²) < 4.78 is 5.39. The molecule has 0 saturated carbocycles. The standard InChI is InChI=1S/C13H17ClN2O2/c1-13(2,3)18-12(17)16-6-4-5-9-7-11(14)15-8-10(9)16/h7-8H,4-6H2,1-3H3. The fourth-order valence-electron chi connectivity index (χ4n) is 1.96. The Kier molecular flexibility index (Phi) is 3.48. The molecule has 0 atom stereocenters. The zero-order valence-corrected chi connectivity index (χ0v) is 11.6. The average Bonchev–Trinajstić information content (AvgIpc) is 2.25. The van der Waals surface area contributed by atoms with E-state index in [2.05, 4.69) is 4.98 Å². The van der Waals surface area contributed by atoms with Crippen LogP contribution in [0.1, 0.15) is 32.8 Å². The van der Waals surface area contributed by atoms with Gasteiger partial charge >= 0.3 is 6.09 Å². The molecule has 0 aromatic carbocycles. The van der Waals surface area contributed by atoms with Crippen molar-refractivity contribution in [2.24, 2.45) is 0 Å². The number of hydrogen-bond donors (Lipinski definition) is 0. The van der Waals surface area contributed by atoms with E-state index in [-0.39, 0.29) is 6.09 Å². The van der Waals surface area contributed by atoms with Crippen LogP contribution in [0, 0.1) is 0 Å². The predicted octanol–water partition coefficient (Wildman–Crippen LogP) is 3.42. The van der Waals surface area contributed by atoms with Crippen molar-refractivity contribution in [1.29, 1.82) is 0 Å². The molecule has 1 amide bonds. The molecule has 0 fully saturated rings. The second-order valence-electron chi connectivity index (χ2n) is 5.37. The van der Waals surface area contributed by atoms with E-state index in [1.807, 2.05) is 26.8 Å². The third-order valence-corrected chi connectivity index (χ3v) is 2.87. The molecule has 0 radical (unpaired) electrons. The Hall–Kier alpha value is -1.29. The van der Waals surface area contributed by atoms with Gasteiger partial charge in [0.05, 0.1) is 11.9 Å². The number of fused-ring (bicyclic) bond motifs is 1. The van der Waals surface area contributed by atoms with Gasteiger partial charge in [0, 0.05) is 6.54 Å². The van der Waals surface area contributed by atoms with E-state index in [1.165, 1.54) is 0 Å². The van der Waals surface area contributed by atoms with Crippen molar-refractivity contribution in [3.63, 3.8) is 0 Å². The van der Waals surface area contributed by atoms with Gasteiger partial charge in [-0.3, -0.25) is 4.90 Å². The Morgan fingerprint density at radius 3 is 2.89 bits per heavy atom. The van der Waals surface area contributed by atoms with Gasteiger partial charge in [0.1, 0.15) is 10.8 Å². The SMILES string of the molecule is CC(C)(C)OC(=O)N1CCCc2cc(Cl)ncc21. The van der Waals surface area contributed by atoms with E-state index in [4.69, 9.17) is 16.3 Å². The number of anilines is 1. The van der Waals surface area contributed by atoms with Crippen LogP contribution in [0.5, 0.6) is 0 Å². The van der Waals surface area contributed by atoms with Crippen LogP contribution >= 0.6 is 11.6 Å². The first kappa shape index (κ1) is 13.1. The molecule has 0 aliphatic carbocycles. The Morgan fingerprint density at radius 2 is 2.22 bits per heavy atom. The largest absolute Gasteiger partial charge is 0.443 e. The van der Waals surface area contributed by atoms with Crippen LogP contribution < -0.4 is 4.90 Å². The maximum Gasteiger partial charge on any atom is 0.414 e. The Bertz CT molecular complexity index is 469. The van der Waals surface area contributed by atoms with Crippen LogP contribution in [0.25, 0.3) is 0 Å². The van der Waals surface area contributed by atoms with E-state index >= 15 is 0 Å². The van der Waals surface area contributed by atoms with E-state index in [9.17, 15) is 4.79 Å². The molecule has 1 aromatic heterocycles. The van der Waals surface area contributed by atoms with Gasteiger partial charge in [-0.05, 0) is 45.2 Å². The van der Waals surface area contributed by atoms with Crippen molar-refractivity contribution in [1.82, 2.24) is 4.98 Å². The molecule has 0 saturated heterocycles. The molecule has 2 heterocycles. The van der Waals surface area contributed by atoms with E-state index in [1.54, 1.807) is 11.1 Å². The van der Waals surface area contributed by atoms with Gasteiger partial charge in [-0.25, -0.2) is 9.78 Å². The second-order valence-corrected chi connectivity index (χ2v) is 5.76. The number of amides is 1. The zero-order valence-electron chi connectivity index (χ0n) is 10.9. The fourth-order valence-corrected chi connectivity index (χ4v) is 2.14. The van der Waals surface area contributed by atoms with E-state index < -0.39 is 5.60 Å². The minimum Gasteiger partial charge on any atom is -0.443 e. The van der Waals surface area contributed by atoms with Crippen LogP contribution in [-0.4, -0.2) is 23.2 Å². The molecule has 0 spiro atoms. The smallest absolute Gasteiger partial charge is 0.414 e. The van der Waals surface area contributed by atoms with Crippen molar-refractivity contribution in [2.45, 2.75) is 39.2 Å². The van der Waals surface area contributed by atoms with Gasteiger partial charge in [0.2, 0.25) is 0 Å². The lowest BCUT2D eigenvalue weighted by molar-refractivity contribution is 0.0577. The maximum atomic E-state index is 12.1. The molecular formula is C13H17ClN2O2. The second kappa shape index (κ2) is 4.76. The zero-order chi connectivity index (χ0) is 13.3. The molecule has 2 rings (SSSR count). The molecule has 5 heteroatoms. The van der Waals surface area contributed by atoms with Crippen LogP contribution in [0.3, 0.4) is 0 Å². The lowest BCUT2D eigenvalue weighted by Crippen LogP contribution is -2.39. The highest BCUT2D eigenvalue weighted by Gasteiger charge is 2.27. The lowest BCUT2D eigenvalue weighted by Gasteiger charge is -2.31. The van der Waals surface area contributed by atoms with Crippen molar-refractivity contribution in [2.75, 3.05) is 11.4 Å². The number of halogens is 1. The third kappa shape index (κ3) is 2.93. The molecule has 4 nitrogen and oxygen atoms in total. The summed E-state index contributed by atoms with van der Waals surface area (Å²) in [4.78, 5) is 17.8. The highest BCUT2D eigenvalue weighted by molar-refractivity contribution is 6.29. The lowest BCUT2D eigenvalue weighted by atomic mass is 10.0. The van der Waals surface area contributed by atoms with Gasteiger partial charge in [-0.2, -0.15) is 0 Å². The number of carbonyl (C=O) groups is 1. The summed E-state index contributed by atoms with van der Waals surface area (Å²) in [5, 5.41) is 0.458. The van der Waals surface area contributed by atoms with Crippen molar-refractivity contribution in [3.05, 3.63) is 23.0 Å². The number of aromatic nitrogens is 1. The molecule has 0 bridgehead atoms. The molecule has 1 aromatic rings. The van der Waals surface area contributed by atoms with E-state index in [0.29, 0.717) is 11.7 Å². The summed E-state index contributed by atoms with van der Waals surface area (Å²) in [5.41, 5.74) is 1.36. The van der Waals surface area contributed by atoms with Crippen LogP contribution in [0.2, 0.25) is 5.15 Å². The molecule has 1 aliphatic rings. The number of hydrogen-bond acceptors (Lipinski definition) is 3. The summed E-state index contributed by atoms with van der Waals surface area (Å²) in [5.74, 6) is 0. The molecule has 18 heavy (non-hydrogen) atoms. The molecular weight excluding hydrogens is 252 g/mol. The topological polar surface area (TPSA) is 42.4 Å². The number of nitrogens with zero attached hydrogens (tertiary/aromatic N) is 2. The first-order valence-electron chi connectivity index (χ1n) is 6.02. The summed E-state index contributed by atoms with van der Waals surface area (Å²) in [6.07, 6.45) is 3.14. The fraction of sp³-hybridized carbons (Fsp3) is 0.538. The number of ether oxygens (including phenoxy) is 1. The van der Waals surface area contributed by atoms with Crippen molar-refractivity contribution in [3.8, 4) is 0 Å². The number of rotatable bonds is 0. The highest BCUT2D eigenvalue weighted by Crippen LogP contribution is 2.29. The monoisotopic (exact) mass is 268 g/mol. The van der Waals surface area contributed by atoms with Crippen molar-refractivity contribution >= 4 is 23.4 Å².